The van der Waals surface area contributed by atoms with Gasteiger partial charge >= 0.3 is 5.76 Å². The smallest absolute Gasteiger partial charge is 0.407 e. The lowest BCUT2D eigenvalue weighted by Crippen LogP contribution is -2.34. The second-order valence-electron chi connectivity index (χ2n) is 3.23. The van der Waals surface area contributed by atoms with Crippen molar-refractivity contribution >= 4 is 11.1 Å². The molecular weight excluding hydrogens is 246 g/mol. The largest absolute Gasteiger partial charge is 0.422 e. The van der Waals surface area contributed by atoms with Gasteiger partial charge in [-0.3, -0.25) is 4.79 Å². The summed E-state index contributed by atoms with van der Waals surface area (Å²) in [4.78, 5) is 41.1. The maximum absolute atomic E-state index is 11.8. The van der Waals surface area contributed by atoms with Gasteiger partial charge in [0.25, 0.3) is 10.6 Å². The highest BCUT2D eigenvalue weighted by Gasteiger charge is 2.10. The van der Waals surface area contributed by atoms with Crippen molar-refractivity contribution in [1.82, 2.24) is 9.55 Å². The summed E-state index contributed by atoms with van der Waals surface area (Å²) in [6.45, 7) is -0.704. The number of nitrogens with zero attached hydrogens (tertiary/aromatic N) is 3. The van der Waals surface area contributed by atoms with Crippen molar-refractivity contribution in [3.63, 3.8) is 0 Å². The van der Waals surface area contributed by atoms with Gasteiger partial charge in [0.15, 0.2) is 11.1 Å². The van der Waals surface area contributed by atoms with Crippen LogP contribution < -0.4 is 11.3 Å². The van der Waals surface area contributed by atoms with Crippen LogP contribution in [0, 0.1) is 10.1 Å². The summed E-state index contributed by atoms with van der Waals surface area (Å²) in [5.74, 6) is -0.910. The molecule has 0 aliphatic heterocycles. The van der Waals surface area contributed by atoms with Crippen LogP contribution in [-0.2, 0) is 11.4 Å². The van der Waals surface area contributed by atoms with Gasteiger partial charge in [0.2, 0.25) is 0 Å². The van der Waals surface area contributed by atoms with Gasteiger partial charge in [-0.1, -0.05) is 0 Å². The highest BCUT2D eigenvalue weighted by molar-refractivity contribution is 5.69. The molecule has 0 fully saturated rings. The van der Waals surface area contributed by atoms with Crippen LogP contribution in [0.3, 0.4) is 0 Å². The van der Waals surface area contributed by atoms with Crippen LogP contribution in [0.25, 0.3) is 11.1 Å². The van der Waals surface area contributed by atoms with Gasteiger partial charge in [-0.05, 0) is 12.1 Å². The lowest BCUT2D eigenvalue weighted by atomic mass is 10.4. The second-order valence-corrected chi connectivity index (χ2v) is 3.23. The van der Waals surface area contributed by atoms with Crippen LogP contribution >= 0.6 is 0 Å². The van der Waals surface area contributed by atoms with Gasteiger partial charge in [-0.15, -0.1) is 10.1 Å². The van der Waals surface area contributed by atoms with Crippen molar-refractivity contribution in [1.29, 1.82) is 0 Å². The molecule has 0 bridgehead atoms. The SMILES string of the molecule is O=c1oc2cccnc2c(=O)n1CCO[N+](=O)[O-]. The summed E-state index contributed by atoms with van der Waals surface area (Å²) in [7, 11) is 0. The van der Waals surface area contributed by atoms with Gasteiger partial charge in [0, 0.05) is 6.20 Å². The molecule has 0 N–H and O–H groups in total. The van der Waals surface area contributed by atoms with Crippen LogP contribution in [0.4, 0.5) is 0 Å². The van der Waals surface area contributed by atoms with E-state index in [9.17, 15) is 19.7 Å². The van der Waals surface area contributed by atoms with E-state index in [4.69, 9.17) is 4.42 Å². The molecule has 0 saturated heterocycles. The molecule has 0 atom stereocenters. The summed E-state index contributed by atoms with van der Waals surface area (Å²) in [6, 6.07) is 2.95. The van der Waals surface area contributed by atoms with E-state index in [0.717, 1.165) is 0 Å². The highest BCUT2D eigenvalue weighted by Crippen LogP contribution is 2.01. The Morgan fingerprint density at radius 3 is 3.00 bits per heavy atom. The molecule has 0 aromatic carbocycles. The van der Waals surface area contributed by atoms with Crippen LogP contribution in [0.5, 0.6) is 0 Å². The van der Waals surface area contributed by atoms with Crippen molar-refractivity contribution in [2.24, 2.45) is 0 Å². The van der Waals surface area contributed by atoms with Crippen LogP contribution in [0.1, 0.15) is 0 Å². The number of aromatic nitrogens is 2. The third-order valence-corrected chi connectivity index (χ3v) is 2.15. The molecule has 94 valence electrons. The molecule has 2 heterocycles. The van der Waals surface area contributed by atoms with Crippen molar-refractivity contribution in [2.45, 2.75) is 6.54 Å². The summed E-state index contributed by atoms with van der Waals surface area (Å²) >= 11 is 0. The Bertz CT molecular complexity index is 703. The summed E-state index contributed by atoms with van der Waals surface area (Å²) in [5.41, 5.74) is -0.619. The van der Waals surface area contributed by atoms with E-state index < -0.39 is 23.0 Å². The minimum atomic E-state index is -1.01. The minimum absolute atomic E-state index is 0.0156. The van der Waals surface area contributed by atoms with Gasteiger partial charge in [0.1, 0.15) is 6.61 Å². The number of rotatable bonds is 4. The normalized spacial score (nSPS) is 10.4. The Labute approximate surface area is 98.3 Å². The molecule has 0 saturated carbocycles. The fourth-order valence-electron chi connectivity index (χ4n) is 1.39. The quantitative estimate of drug-likeness (QED) is 0.535. The Morgan fingerprint density at radius 2 is 2.28 bits per heavy atom. The molecule has 0 aliphatic rings. The molecule has 0 amide bonds. The van der Waals surface area contributed by atoms with Crippen molar-refractivity contribution in [2.75, 3.05) is 6.61 Å². The van der Waals surface area contributed by atoms with Crippen LogP contribution in [0.15, 0.2) is 32.3 Å². The Morgan fingerprint density at radius 1 is 1.50 bits per heavy atom. The van der Waals surface area contributed by atoms with E-state index >= 15 is 0 Å². The summed E-state index contributed by atoms with van der Waals surface area (Å²) in [6.07, 6.45) is 1.38. The third-order valence-electron chi connectivity index (χ3n) is 2.15. The third kappa shape index (κ3) is 2.19. The number of hydrogen-bond donors (Lipinski definition) is 0. The first kappa shape index (κ1) is 11.8. The van der Waals surface area contributed by atoms with Crippen molar-refractivity contribution in [3.05, 3.63) is 49.3 Å². The Kier molecular flexibility index (Phi) is 3.04. The molecule has 2 rings (SSSR count). The van der Waals surface area contributed by atoms with Crippen LogP contribution in [0.2, 0.25) is 0 Å². The molecule has 0 radical (unpaired) electrons. The first-order valence-corrected chi connectivity index (χ1v) is 4.85. The zero-order valence-electron chi connectivity index (χ0n) is 8.94. The molecule has 9 nitrogen and oxygen atoms in total. The van der Waals surface area contributed by atoms with E-state index in [2.05, 4.69) is 9.82 Å². The molecule has 0 spiro atoms. The van der Waals surface area contributed by atoms with Gasteiger partial charge in [-0.25, -0.2) is 14.3 Å². The zero-order valence-corrected chi connectivity index (χ0v) is 8.94. The number of hydrogen-bond acceptors (Lipinski definition) is 7. The van der Waals surface area contributed by atoms with Gasteiger partial charge in [0.05, 0.1) is 6.54 Å². The lowest BCUT2D eigenvalue weighted by Gasteiger charge is -2.03. The van der Waals surface area contributed by atoms with Crippen molar-refractivity contribution < 1.29 is 14.3 Å². The number of fused-ring (bicyclic) bond motifs is 1. The molecule has 0 unspecified atom stereocenters. The topological polar surface area (TPSA) is 117 Å². The first-order valence-electron chi connectivity index (χ1n) is 4.85. The number of pyridine rings is 1. The van der Waals surface area contributed by atoms with E-state index in [-0.39, 0.29) is 17.6 Å². The van der Waals surface area contributed by atoms with Crippen molar-refractivity contribution in [3.8, 4) is 0 Å². The van der Waals surface area contributed by atoms with Gasteiger partial charge < -0.3 is 9.25 Å². The van der Waals surface area contributed by atoms with Gasteiger partial charge in [-0.2, -0.15) is 0 Å². The molecule has 0 aliphatic carbocycles. The lowest BCUT2D eigenvalue weighted by molar-refractivity contribution is -0.758. The standard InChI is InChI=1S/C9H7N3O6/c13-8-7-6(2-1-3-10-7)18-9(14)11(8)4-5-17-12(15)16/h1-3H,4-5H2. The minimum Gasteiger partial charge on any atom is -0.407 e. The second kappa shape index (κ2) is 4.65. The fourth-order valence-corrected chi connectivity index (χ4v) is 1.39. The predicted molar refractivity (Wildman–Crippen MR) is 57.5 cm³/mol. The van der Waals surface area contributed by atoms with E-state index in [1.54, 1.807) is 0 Å². The average molecular weight is 253 g/mol. The maximum atomic E-state index is 11.8. The average Bonchev–Trinajstić information content (AvgIpc) is 2.33. The molecule has 18 heavy (non-hydrogen) atoms. The molecular formula is C9H7N3O6. The first-order chi connectivity index (χ1) is 8.59. The summed E-state index contributed by atoms with van der Waals surface area (Å²) in [5, 5.41) is 8.95. The van der Waals surface area contributed by atoms with Crippen LogP contribution in [-0.4, -0.2) is 21.2 Å². The predicted octanol–water partition coefficient (Wildman–Crippen LogP) is -0.442. The maximum Gasteiger partial charge on any atom is 0.422 e. The highest BCUT2D eigenvalue weighted by atomic mass is 16.9. The summed E-state index contributed by atoms with van der Waals surface area (Å²) < 4.78 is 5.54. The van der Waals surface area contributed by atoms with E-state index in [0.29, 0.717) is 4.57 Å². The zero-order chi connectivity index (χ0) is 13.1. The Hall–Kier alpha value is -2.71. The Balaban J connectivity index is 2.42. The van der Waals surface area contributed by atoms with E-state index in [1.165, 1.54) is 18.3 Å². The molecule has 9 heteroatoms. The fraction of sp³-hybridized carbons (Fsp3) is 0.222. The van der Waals surface area contributed by atoms with E-state index in [1.807, 2.05) is 0 Å². The monoisotopic (exact) mass is 253 g/mol. The molecule has 2 aromatic rings. The molecule has 2 aromatic heterocycles.